The fraction of sp³-hybridized carbons (Fsp3) is 0.654. The topological polar surface area (TPSA) is 76.0 Å². The minimum absolute atomic E-state index is 0.0562. The zero-order valence-corrected chi connectivity index (χ0v) is 20.2. The van der Waals surface area contributed by atoms with E-state index in [1.54, 1.807) is 13.8 Å². The molecule has 1 aromatic rings. The molecule has 0 bridgehead atoms. The monoisotopic (exact) mass is 504 g/mol. The second-order valence-electron chi connectivity index (χ2n) is 9.35. The zero-order chi connectivity index (χ0) is 26.0. The van der Waals surface area contributed by atoms with Gasteiger partial charge in [0.1, 0.15) is 18.5 Å². The maximum absolute atomic E-state index is 14.4. The Morgan fingerprint density at radius 1 is 1.17 bits per heavy atom. The van der Waals surface area contributed by atoms with Crippen molar-refractivity contribution in [2.75, 3.05) is 6.61 Å². The number of aliphatic hydroxyl groups is 2. The molecule has 0 radical (unpaired) electrons. The van der Waals surface area contributed by atoms with Crippen molar-refractivity contribution < 1.29 is 42.0 Å². The summed E-state index contributed by atoms with van der Waals surface area (Å²) in [5, 5.41) is 20.7. The molecule has 2 N–H and O–H groups in total. The first-order valence-corrected chi connectivity index (χ1v) is 12.1. The lowest BCUT2D eigenvalue weighted by atomic mass is 9.86. The van der Waals surface area contributed by atoms with Gasteiger partial charge in [0.15, 0.2) is 0 Å². The highest BCUT2D eigenvalue weighted by Gasteiger charge is 2.40. The Morgan fingerprint density at radius 2 is 1.89 bits per heavy atom. The molecule has 1 aliphatic rings. The lowest BCUT2D eigenvalue weighted by molar-refractivity contribution is -0.147. The first-order valence-electron chi connectivity index (χ1n) is 12.1. The van der Waals surface area contributed by atoms with E-state index in [1.165, 1.54) is 12.1 Å². The van der Waals surface area contributed by atoms with Gasteiger partial charge in [-0.3, -0.25) is 4.79 Å². The number of ether oxygens (including phenoxy) is 2. The maximum atomic E-state index is 14.4. The normalized spacial score (nSPS) is 23.7. The quantitative estimate of drug-likeness (QED) is 0.158. The molecular weight excluding hydrogens is 468 g/mol. The van der Waals surface area contributed by atoms with Crippen molar-refractivity contribution in [2.45, 2.75) is 89.5 Å². The van der Waals surface area contributed by atoms with Crippen LogP contribution in [0.25, 0.3) is 0 Å². The molecule has 0 heterocycles. The van der Waals surface area contributed by atoms with Crippen LogP contribution in [0.5, 0.6) is 5.75 Å². The molecule has 2 rings (SSSR count). The fourth-order valence-corrected chi connectivity index (χ4v) is 4.37. The number of aliphatic hydroxyl groups excluding tert-OH is 2. The minimum atomic E-state index is -4.50. The molecule has 0 spiro atoms. The first kappa shape index (κ1) is 29.1. The summed E-state index contributed by atoms with van der Waals surface area (Å²) in [6.45, 7) is 3.20. The molecule has 0 aliphatic heterocycles. The van der Waals surface area contributed by atoms with Crippen LogP contribution in [0.2, 0.25) is 0 Å². The third-order valence-corrected chi connectivity index (χ3v) is 6.12. The number of allylic oxidation sites excluding steroid dienone is 2. The minimum Gasteiger partial charge on any atom is -0.491 e. The summed E-state index contributed by atoms with van der Waals surface area (Å²) in [7, 11) is 0. The molecule has 1 fully saturated rings. The molecule has 0 saturated heterocycles. The van der Waals surface area contributed by atoms with Gasteiger partial charge in [0.25, 0.3) is 0 Å². The van der Waals surface area contributed by atoms with Gasteiger partial charge >= 0.3 is 12.1 Å². The van der Waals surface area contributed by atoms with Gasteiger partial charge in [0.05, 0.1) is 23.9 Å². The number of unbranched alkanes of at least 4 members (excludes halogenated alkanes) is 1. The summed E-state index contributed by atoms with van der Waals surface area (Å²) in [5.41, 5.74) is -0.861. The van der Waals surface area contributed by atoms with E-state index in [2.05, 4.69) is 0 Å². The number of halogens is 4. The van der Waals surface area contributed by atoms with E-state index in [9.17, 15) is 32.6 Å². The Bertz CT molecular complexity index is 811. The van der Waals surface area contributed by atoms with Crippen LogP contribution in [0.3, 0.4) is 0 Å². The third kappa shape index (κ3) is 10.2. The molecule has 5 atom stereocenters. The van der Waals surface area contributed by atoms with E-state index in [0.717, 1.165) is 12.1 Å². The fourth-order valence-electron chi connectivity index (χ4n) is 4.37. The Hall–Kier alpha value is -2.13. The standard InChI is InChI=1S/C26H36F4O5/c1-17(2)35-25(33)11-6-4-3-5-10-21-22(24(32)15-23(21)31)13-12-19(27)16-34-20-9-7-8-18(14-20)26(28,29)30/h3,5,7-9,14,17,19,21-24,31-32H,4,6,10-13,15-16H2,1-2H3/t19-,21-,22-,23+,24-/m1/s1. The highest BCUT2D eigenvalue weighted by Crippen LogP contribution is 2.38. The Kier molecular flexibility index (Phi) is 11.5. The molecule has 5 nitrogen and oxygen atoms in total. The number of carbonyl (C=O) groups excluding carboxylic acids is 1. The molecule has 0 aromatic heterocycles. The van der Waals surface area contributed by atoms with Crippen LogP contribution in [0.4, 0.5) is 17.6 Å². The first-order chi connectivity index (χ1) is 16.5. The number of hydrogen-bond acceptors (Lipinski definition) is 5. The van der Waals surface area contributed by atoms with Crippen molar-refractivity contribution in [1.29, 1.82) is 0 Å². The van der Waals surface area contributed by atoms with E-state index in [1.807, 2.05) is 12.2 Å². The van der Waals surface area contributed by atoms with E-state index in [0.29, 0.717) is 32.1 Å². The predicted octanol–water partition coefficient (Wildman–Crippen LogP) is 5.63. The smallest absolute Gasteiger partial charge is 0.416 e. The number of rotatable bonds is 13. The van der Waals surface area contributed by atoms with Crippen LogP contribution in [0.1, 0.15) is 64.4 Å². The largest absolute Gasteiger partial charge is 0.491 e. The Labute approximate surface area is 204 Å². The van der Waals surface area contributed by atoms with Crippen LogP contribution in [-0.2, 0) is 15.7 Å². The van der Waals surface area contributed by atoms with Gasteiger partial charge in [-0.25, -0.2) is 4.39 Å². The molecule has 1 saturated carbocycles. The van der Waals surface area contributed by atoms with Crippen molar-refractivity contribution in [2.24, 2.45) is 11.8 Å². The average Bonchev–Trinajstić information content (AvgIpc) is 3.04. The average molecular weight is 505 g/mol. The SMILES string of the molecule is CC(C)OC(=O)CCCC=CC[C@@H]1[C@@H](CC[C@@H](F)COc2cccc(C(F)(F)F)c2)[C@H](O)C[C@@H]1O. The van der Waals surface area contributed by atoms with E-state index in [4.69, 9.17) is 9.47 Å². The van der Waals surface area contributed by atoms with Crippen LogP contribution in [0.15, 0.2) is 36.4 Å². The highest BCUT2D eigenvalue weighted by molar-refractivity contribution is 5.69. The molecule has 0 amide bonds. The lowest BCUT2D eigenvalue weighted by Crippen LogP contribution is -2.24. The van der Waals surface area contributed by atoms with Gasteiger partial charge < -0.3 is 19.7 Å². The summed E-state index contributed by atoms with van der Waals surface area (Å²) in [6, 6.07) is 4.30. The number of benzene rings is 1. The van der Waals surface area contributed by atoms with Crippen molar-refractivity contribution in [3.8, 4) is 5.75 Å². The Morgan fingerprint density at radius 3 is 2.57 bits per heavy atom. The zero-order valence-electron chi connectivity index (χ0n) is 20.2. The van der Waals surface area contributed by atoms with E-state index < -0.39 is 36.7 Å². The number of hydrogen-bond donors (Lipinski definition) is 2. The molecule has 198 valence electrons. The number of carbonyl (C=O) groups is 1. The van der Waals surface area contributed by atoms with Gasteiger partial charge in [-0.2, -0.15) is 13.2 Å². The highest BCUT2D eigenvalue weighted by atomic mass is 19.4. The van der Waals surface area contributed by atoms with Gasteiger partial charge in [-0.05, 0) is 82.4 Å². The van der Waals surface area contributed by atoms with E-state index in [-0.39, 0.29) is 42.5 Å². The predicted molar refractivity (Wildman–Crippen MR) is 124 cm³/mol. The van der Waals surface area contributed by atoms with Crippen LogP contribution in [0, 0.1) is 11.8 Å². The summed E-state index contributed by atoms with van der Waals surface area (Å²) in [6.07, 6.45) is -0.861. The Balaban J connectivity index is 1.76. The van der Waals surface area contributed by atoms with Gasteiger partial charge in [0.2, 0.25) is 0 Å². The van der Waals surface area contributed by atoms with Crippen molar-refractivity contribution in [1.82, 2.24) is 0 Å². The van der Waals surface area contributed by atoms with Crippen molar-refractivity contribution in [3.05, 3.63) is 42.0 Å². The van der Waals surface area contributed by atoms with Crippen molar-refractivity contribution >= 4 is 5.97 Å². The summed E-state index contributed by atoms with van der Waals surface area (Å²) < 4.78 is 63.1. The lowest BCUT2D eigenvalue weighted by Gasteiger charge is -2.23. The van der Waals surface area contributed by atoms with Crippen LogP contribution in [-0.4, -0.2) is 47.3 Å². The molecule has 35 heavy (non-hydrogen) atoms. The van der Waals surface area contributed by atoms with Gasteiger partial charge in [-0.15, -0.1) is 0 Å². The number of alkyl halides is 4. The van der Waals surface area contributed by atoms with Crippen molar-refractivity contribution in [3.63, 3.8) is 0 Å². The summed E-state index contributed by atoms with van der Waals surface area (Å²) >= 11 is 0. The molecule has 9 heteroatoms. The van der Waals surface area contributed by atoms with E-state index >= 15 is 0 Å². The van der Waals surface area contributed by atoms with Gasteiger partial charge in [0, 0.05) is 6.42 Å². The second-order valence-corrected chi connectivity index (χ2v) is 9.35. The second kappa shape index (κ2) is 13.8. The summed E-state index contributed by atoms with van der Waals surface area (Å²) in [4.78, 5) is 11.5. The van der Waals surface area contributed by atoms with Gasteiger partial charge in [-0.1, -0.05) is 18.2 Å². The van der Waals surface area contributed by atoms with Crippen LogP contribution >= 0.6 is 0 Å². The van der Waals surface area contributed by atoms with Crippen LogP contribution < -0.4 is 4.74 Å². The number of esters is 1. The third-order valence-electron chi connectivity index (χ3n) is 6.12. The molecule has 0 unspecified atom stereocenters. The summed E-state index contributed by atoms with van der Waals surface area (Å²) in [5.74, 6) is -0.800. The maximum Gasteiger partial charge on any atom is 0.416 e. The molecular formula is C26H36F4O5. The molecule has 1 aromatic carbocycles. The molecule has 1 aliphatic carbocycles.